The molecule has 0 N–H and O–H groups in total. The van der Waals surface area contributed by atoms with Gasteiger partial charge in [0.1, 0.15) is 5.75 Å². The fourth-order valence-corrected chi connectivity index (χ4v) is 1.48. The number of benzene rings is 1. The molecule has 4 heteroatoms. The van der Waals surface area contributed by atoms with E-state index in [4.69, 9.17) is 4.74 Å². The third-order valence-electron chi connectivity index (χ3n) is 2.23. The Bertz CT molecular complexity index is 604. The van der Waals surface area contributed by atoms with E-state index in [0.717, 1.165) is 11.4 Å². The third kappa shape index (κ3) is 1.50. The summed E-state index contributed by atoms with van der Waals surface area (Å²) in [6.07, 6.45) is 1.87. The second kappa shape index (κ2) is 3.66. The Morgan fingerprint density at radius 2 is 1.69 bits per heavy atom. The summed E-state index contributed by atoms with van der Waals surface area (Å²) in [5.41, 5.74) is 0.772. The van der Waals surface area contributed by atoms with Gasteiger partial charge in [-0.15, -0.1) is 5.10 Å². The van der Waals surface area contributed by atoms with Gasteiger partial charge in [0.05, 0.1) is 0 Å². The van der Waals surface area contributed by atoms with Gasteiger partial charge in [-0.25, -0.2) is 0 Å². The lowest BCUT2D eigenvalue weighted by Gasteiger charge is -2.01. The molecule has 1 aromatic carbocycles. The molecule has 0 amide bonds. The van der Waals surface area contributed by atoms with Crippen molar-refractivity contribution in [3.05, 3.63) is 54.7 Å². The van der Waals surface area contributed by atoms with E-state index in [1.54, 1.807) is 4.40 Å². The molecule has 0 saturated heterocycles. The quantitative estimate of drug-likeness (QED) is 0.653. The molecule has 0 aliphatic rings. The monoisotopic (exact) mass is 211 g/mol. The number of hydrogen-bond acceptors (Lipinski definition) is 3. The first kappa shape index (κ1) is 8.91. The summed E-state index contributed by atoms with van der Waals surface area (Å²) >= 11 is 0. The van der Waals surface area contributed by atoms with Crippen molar-refractivity contribution >= 4 is 5.65 Å². The molecule has 0 bridgehead atoms. The Labute approximate surface area is 92.1 Å². The molecule has 4 nitrogen and oxygen atoms in total. The van der Waals surface area contributed by atoms with Crippen LogP contribution in [0.3, 0.4) is 0 Å². The van der Waals surface area contributed by atoms with Crippen molar-refractivity contribution in [2.24, 2.45) is 0 Å². The van der Waals surface area contributed by atoms with Gasteiger partial charge in [0.2, 0.25) is 0 Å². The van der Waals surface area contributed by atoms with E-state index < -0.39 is 0 Å². The van der Waals surface area contributed by atoms with Crippen molar-refractivity contribution < 1.29 is 4.74 Å². The van der Waals surface area contributed by atoms with E-state index in [-0.39, 0.29) is 0 Å². The SMILES string of the molecule is c1ccc(Oc2nnc3ccccn23)cc1. The predicted octanol–water partition coefficient (Wildman–Crippen LogP) is 2.52. The lowest BCUT2D eigenvalue weighted by atomic mass is 10.3. The summed E-state index contributed by atoms with van der Waals surface area (Å²) < 4.78 is 7.42. The zero-order valence-corrected chi connectivity index (χ0v) is 8.45. The maximum Gasteiger partial charge on any atom is 0.327 e. The summed E-state index contributed by atoms with van der Waals surface area (Å²) in [6, 6.07) is 15.7. The van der Waals surface area contributed by atoms with Crippen molar-refractivity contribution in [3.8, 4) is 11.8 Å². The van der Waals surface area contributed by atoms with E-state index in [0.29, 0.717) is 6.01 Å². The van der Waals surface area contributed by atoms with Gasteiger partial charge in [-0.05, 0) is 24.3 Å². The molecule has 16 heavy (non-hydrogen) atoms. The first-order chi connectivity index (χ1) is 7.93. The molecule has 0 aliphatic carbocycles. The fraction of sp³-hybridized carbons (Fsp3) is 0. The Hall–Kier alpha value is -2.36. The second-order valence-electron chi connectivity index (χ2n) is 3.33. The largest absolute Gasteiger partial charge is 0.424 e. The number of para-hydroxylation sites is 1. The van der Waals surface area contributed by atoms with Gasteiger partial charge < -0.3 is 4.74 Å². The van der Waals surface area contributed by atoms with E-state index in [2.05, 4.69) is 10.2 Å². The average molecular weight is 211 g/mol. The number of pyridine rings is 1. The molecular formula is C12H9N3O. The summed E-state index contributed by atoms with van der Waals surface area (Å²) in [4.78, 5) is 0. The van der Waals surface area contributed by atoms with Gasteiger partial charge in [-0.1, -0.05) is 29.4 Å². The summed E-state index contributed by atoms with van der Waals surface area (Å²) in [7, 11) is 0. The van der Waals surface area contributed by atoms with Gasteiger partial charge in [0.15, 0.2) is 5.65 Å². The van der Waals surface area contributed by atoms with Crippen molar-refractivity contribution in [1.82, 2.24) is 14.6 Å². The van der Waals surface area contributed by atoms with Crippen molar-refractivity contribution in [3.63, 3.8) is 0 Å². The van der Waals surface area contributed by atoms with E-state index in [1.165, 1.54) is 0 Å². The minimum Gasteiger partial charge on any atom is -0.424 e. The first-order valence-electron chi connectivity index (χ1n) is 4.96. The van der Waals surface area contributed by atoms with Crippen LogP contribution in [0.25, 0.3) is 5.65 Å². The van der Waals surface area contributed by atoms with Crippen LogP contribution in [-0.2, 0) is 0 Å². The van der Waals surface area contributed by atoms with E-state index >= 15 is 0 Å². The van der Waals surface area contributed by atoms with Crippen LogP contribution in [-0.4, -0.2) is 14.6 Å². The van der Waals surface area contributed by atoms with Crippen LogP contribution in [0.2, 0.25) is 0 Å². The standard InChI is InChI=1S/C12H9N3O/c1-2-6-10(7-3-1)16-12-14-13-11-8-4-5-9-15(11)12/h1-9H. The molecule has 0 aliphatic heterocycles. The second-order valence-corrected chi connectivity index (χ2v) is 3.33. The molecule has 0 saturated carbocycles. The molecule has 0 unspecified atom stereocenters. The van der Waals surface area contributed by atoms with Gasteiger partial charge >= 0.3 is 6.01 Å². The highest BCUT2D eigenvalue weighted by Gasteiger charge is 2.05. The van der Waals surface area contributed by atoms with E-state index in [9.17, 15) is 0 Å². The lowest BCUT2D eigenvalue weighted by Crippen LogP contribution is -1.90. The fourth-order valence-electron chi connectivity index (χ4n) is 1.48. The minimum absolute atomic E-state index is 0.474. The van der Waals surface area contributed by atoms with Crippen LogP contribution in [0.1, 0.15) is 0 Å². The summed E-state index contributed by atoms with van der Waals surface area (Å²) in [5.74, 6) is 0.751. The predicted molar refractivity (Wildman–Crippen MR) is 59.5 cm³/mol. The van der Waals surface area contributed by atoms with E-state index in [1.807, 2.05) is 54.7 Å². The van der Waals surface area contributed by atoms with Crippen molar-refractivity contribution in [1.29, 1.82) is 0 Å². The number of ether oxygens (including phenoxy) is 1. The van der Waals surface area contributed by atoms with Crippen LogP contribution in [0, 0.1) is 0 Å². The summed E-state index contributed by atoms with van der Waals surface area (Å²) in [5, 5.41) is 7.98. The van der Waals surface area contributed by atoms with Crippen molar-refractivity contribution in [2.45, 2.75) is 0 Å². The Morgan fingerprint density at radius 3 is 2.56 bits per heavy atom. The van der Waals surface area contributed by atoms with Crippen LogP contribution in [0.5, 0.6) is 11.8 Å². The molecule has 0 fully saturated rings. The zero-order chi connectivity index (χ0) is 10.8. The lowest BCUT2D eigenvalue weighted by molar-refractivity contribution is 0.436. The molecule has 78 valence electrons. The minimum atomic E-state index is 0.474. The summed E-state index contributed by atoms with van der Waals surface area (Å²) in [6.45, 7) is 0. The molecule has 2 aromatic heterocycles. The number of rotatable bonds is 2. The van der Waals surface area contributed by atoms with Crippen LogP contribution in [0.15, 0.2) is 54.7 Å². The normalized spacial score (nSPS) is 10.5. The molecule has 3 aromatic rings. The molecule has 0 spiro atoms. The van der Waals surface area contributed by atoms with Gasteiger partial charge in [0, 0.05) is 6.20 Å². The molecular weight excluding hydrogens is 202 g/mol. The first-order valence-corrected chi connectivity index (χ1v) is 4.96. The van der Waals surface area contributed by atoms with Crippen LogP contribution >= 0.6 is 0 Å². The Morgan fingerprint density at radius 1 is 0.875 bits per heavy atom. The van der Waals surface area contributed by atoms with Gasteiger partial charge in [-0.3, -0.25) is 4.40 Å². The average Bonchev–Trinajstić information content (AvgIpc) is 2.74. The van der Waals surface area contributed by atoms with Gasteiger partial charge in [-0.2, -0.15) is 0 Å². The smallest absolute Gasteiger partial charge is 0.327 e. The molecule has 3 rings (SSSR count). The highest BCUT2D eigenvalue weighted by atomic mass is 16.5. The van der Waals surface area contributed by atoms with Crippen LogP contribution in [0.4, 0.5) is 0 Å². The number of aromatic nitrogens is 3. The molecule has 0 atom stereocenters. The molecule has 2 heterocycles. The third-order valence-corrected chi connectivity index (χ3v) is 2.23. The topological polar surface area (TPSA) is 39.4 Å². The zero-order valence-electron chi connectivity index (χ0n) is 8.45. The number of nitrogens with zero attached hydrogens (tertiary/aromatic N) is 3. The van der Waals surface area contributed by atoms with Gasteiger partial charge in [0.25, 0.3) is 0 Å². The number of fused-ring (bicyclic) bond motifs is 1. The maximum atomic E-state index is 5.62. The highest BCUT2D eigenvalue weighted by Crippen LogP contribution is 2.19. The maximum absolute atomic E-state index is 5.62. The van der Waals surface area contributed by atoms with Crippen LogP contribution < -0.4 is 4.74 Å². The number of hydrogen-bond donors (Lipinski definition) is 0. The molecule has 0 radical (unpaired) electrons. The Kier molecular flexibility index (Phi) is 2.04. The Balaban J connectivity index is 2.01. The van der Waals surface area contributed by atoms with Crippen molar-refractivity contribution in [2.75, 3.05) is 0 Å². The highest BCUT2D eigenvalue weighted by molar-refractivity contribution is 5.39.